The Bertz CT molecular complexity index is 1220. The Kier molecular flexibility index (Phi) is 6.50. The van der Waals surface area contributed by atoms with E-state index in [0.29, 0.717) is 31.7 Å². The summed E-state index contributed by atoms with van der Waals surface area (Å²) in [5.41, 5.74) is 3.29. The van der Waals surface area contributed by atoms with Crippen LogP contribution in [0.4, 0.5) is 0 Å². The molecule has 3 heterocycles. The maximum absolute atomic E-state index is 13.5. The number of rotatable bonds is 6. The molecule has 1 aliphatic rings. The second-order valence-electron chi connectivity index (χ2n) is 7.90. The molecule has 1 aliphatic heterocycles. The molecule has 1 atom stereocenters. The summed E-state index contributed by atoms with van der Waals surface area (Å²) in [4.78, 5) is 17.2. The van der Waals surface area contributed by atoms with Crippen LogP contribution in [0, 0.1) is 12.8 Å². The number of aromatic nitrogens is 2. The summed E-state index contributed by atoms with van der Waals surface area (Å²) in [6.45, 7) is 4.40. The van der Waals surface area contributed by atoms with E-state index in [2.05, 4.69) is 0 Å². The zero-order valence-electron chi connectivity index (χ0n) is 18.4. The number of carbonyl (C=O) groups is 1. The monoisotopic (exact) mass is 473 g/mol. The Morgan fingerprint density at radius 1 is 1.28 bits per heavy atom. The zero-order valence-corrected chi connectivity index (χ0v) is 20.1. The van der Waals surface area contributed by atoms with E-state index in [1.165, 1.54) is 15.6 Å². The molecule has 7 nitrogen and oxygen atoms in total. The van der Waals surface area contributed by atoms with Gasteiger partial charge in [-0.1, -0.05) is 30.3 Å². The minimum Gasteiger partial charge on any atom is -0.466 e. The van der Waals surface area contributed by atoms with Crippen molar-refractivity contribution in [2.24, 2.45) is 13.0 Å². The predicted molar refractivity (Wildman–Crippen MR) is 125 cm³/mol. The van der Waals surface area contributed by atoms with Crippen molar-refractivity contribution in [2.75, 3.05) is 19.7 Å². The van der Waals surface area contributed by atoms with Gasteiger partial charge in [0, 0.05) is 36.8 Å². The molecule has 0 saturated carbocycles. The summed E-state index contributed by atoms with van der Waals surface area (Å²) >= 11 is 1.49. The topological polar surface area (TPSA) is 81.5 Å². The Balaban J connectivity index is 1.64. The maximum Gasteiger partial charge on any atom is 0.310 e. The third-order valence-corrected chi connectivity index (χ3v) is 8.75. The number of benzene rings is 1. The molecule has 1 aromatic carbocycles. The van der Waals surface area contributed by atoms with Gasteiger partial charge in [-0.2, -0.15) is 4.31 Å². The van der Waals surface area contributed by atoms with E-state index >= 15 is 0 Å². The number of nitrogens with zero attached hydrogens (tertiary/aromatic N) is 3. The lowest BCUT2D eigenvalue weighted by atomic mass is 10.0. The van der Waals surface area contributed by atoms with E-state index < -0.39 is 15.9 Å². The fourth-order valence-electron chi connectivity index (χ4n) is 4.02. The van der Waals surface area contributed by atoms with Crippen molar-refractivity contribution in [1.82, 2.24) is 13.9 Å². The summed E-state index contributed by atoms with van der Waals surface area (Å²) in [6, 6.07) is 11.6. The molecule has 0 radical (unpaired) electrons. The number of sulfonamides is 1. The standard InChI is InChI=1S/C23H27N3O4S2/c1-4-30-23(27)18-11-8-12-26(14-18)32(28,29)21-13-20(25(3)16(21)2)22-24-19(15-31-22)17-9-6-5-7-10-17/h5-7,9-10,13,15,18H,4,8,11-12,14H2,1-3H3/t18-/m0/s1. The van der Waals surface area contributed by atoms with E-state index in [-0.39, 0.29) is 17.4 Å². The SMILES string of the molecule is CCOC(=O)[C@H]1CCCN(S(=O)(=O)c2cc(-c3nc(-c4ccccc4)cs3)n(C)c2C)C1. The van der Waals surface area contributed by atoms with Crippen LogP contribution in [-0.4, -0.2) is 47.9 Å². The normalized spacial score (nSPS) is 17.4. The Labute approximate surface area is 192 Å². The smallest absolute Gasteiger partial charge is 0.310 e. The molecule has 0 aliphatic carbocycles. The van der Waals surface area contributed by atoms with Crippen molar-refractivity contribution in [1.29, 1.82) is 0 Å². The van der Waals surface area contributed by atoms with Gasteiger partial charge in [0.25, 0.3) is 0 Å². The highest BCUT2D eigenvalue weighted by Gasteiger charge is 2.36. The summed E-state index contributed by atoms with van der Waals surface area (Å²) in [5, 5.41) is 2.74. The molecular weight excluding hydrogens is 446 g/mol. The molecule has 4 rings (SSSR count). The van der Waals surface area contributed by atoms with Gasteiger partial charge in [-0.05, 0) is 32.8 Å². The van der Waals surface area contributed by atoms with Crippen LogP contribution in [0.2, 0.25) is 0 Å². The first-order valence-electron chi connectivity index (χ1n) is 10.7. The van der Waals surface area contributed by atoms with Crippen molar-refractivity contribution in [3.05, 3.63) is 47.5 Å². The average molecular weight is 474 g/mol. The van der Waals surface area contributed by atoms with Gasteiger partial charge in [0.15, 0.2) is 0 Å². The largest absolute Gasteiger partial charge is 0.466 e. The zero-order chi connectivity index (χ0) is 22.9. The van der Waals surface area contributed by atoms with E-state index in [1.54, 1.807) is 19.9 Å². The fourth-order valence-corrected chi connectivity index (χ4v) is 6.70. The number of esters is 1. The van der Waals surface area contributed by atoms with Crippen LogP contribution in [0.15, 0.2) is 46.7 Å². The van der Waals surface area contributed by atoms with Gasteiger partial charge in [0.1, 0.15) is 9.90 Å². The van der Waals surface area contributed by atoms with Crippen molar-refractivity contribution in [3.8, 4) is 22.0 Å². The van der Waals surface area contributed by atoms with E-state index in [4.69, 9.17) is 9.72 Å². The number of hydrogen-bond donors (Lipinski definition) is 0. The van der Waals surface area contributed by atoms with Crippen molar-refractivity contribution in [2.45, 2.75) is 31.6 Å². The highest BCUT2D eigenvalue weighted by atomic mass is 32.2. The van der Waals surface area contributed by atoms with Gasteiger partial charge >= 0.3 is 5.97 Å². The van der Waals surface area contributed by atoms with Gasteiger partial charge < -0.3 is 9.30 Å². The summed E-state index contributed by atoms with van der Waals surface area (Å²) in [7, 11) is -1.90. The molecule has 0 N–H and O–H groups in total. The van der Waals surface area contributed by atoms with Gasteiger partial charge in [-0.25, -0.2) is 13.4 Å². The molecule has 0 unspecified atom stereocenters. The number of hydrogen-bond acceptors (Lipinski definition) is 6. The van der Waals surface area contributed by atoms with E-state index in [1.807, 2.05) is 47.3 Å². The van der Waals surface area contributed by atoms with Crippen LogP contribution in [-0.2, 0) is 26.6 Å². The second-order valence-corrected chi connectivity index (χ2v) is 10.7. The first-order valence-corrected chi connectivity index (χ1v) is 13.0. The van der Waals surface area contributed by atoms with Crippen LogP contribution in [0.1, 0.15) is 25.5 Å². The predicted octanol–water partition coefficient (Wildman–Crippen LogP) is 4.09. The maximum atomic E-state index is 13.5. The Morgan fingerprint density at radius 3 is 2.75 bits per heavy atom. The van der Waals surface area contributed by atoms with Gasteiger partial charge in [-0.3, -0.25) is 4.79 Å². The lowest BCUT2D eigenvalue weighted by molar-refractivity contribution is -0.149. The first-order chi connectivity index (χ1) is 15.3. The van der Waals surface area contributed by atoms with E-state index in [9.17, 15) is 13.2 Å². The van der Waals surface area contributed by atoms with Crippen molar-refractivity contribution < 1.29 is 17.9 Å². The van der Waals surface area contributed by atoms with E-state index in [0.717, 1.165) is 22.0 Å². The summed E-state index contributed by atoms with van der Waals surface area (Å²) < 4.78 is 35.4. The molecule has 0 amide bonds. The molecule has 2 aromatic heterocycles. The molecule has 0 spiro atoms. The van der Waals surface area contributed by atoms with Crippen molar-refractivity contribution in [3.63, 3.8) is 0 Å². The third-order valence-electron chi connectivity index (χ3n) is 5.90. The minimum atomic E-state index is -3.75. The molecule has 1 saturated heterocycles. The van der Waals surface area contributed by atoms with Crippen LogP contribution in [0.5, 0.6) is 0 Å². The molecule has 9 heteroatoms. The molecule has 0 bridgehead atoms. The highest BCUT2D eigenvalue weighted by molar-refractivity contribution is 7.89. The molecule has 170 valence electrons. The van der Waals surface area contributed by atoms with Crippen LogP contribution in [0.25, 0.3) is 22.0 Å². The number of piperidine rings is 1. The van der Waals surface area contributed by atoms with Crippen LogP contribution in [0.3, 0.4) is 0 Å². The van der Waals surface area contributed by atoms with Crippen LogP contribution >= 0.6 is 11.3 Å². The molecule has 1 fully saturated rings. The Hall–Kier alpha value is -2.49. The van der Waals surface area contributed by atoms with Gasteiger partial charge in [0.2, 0.25) is 10.0 Å². The molecular formula is C23H27N3O4S2. The van der Waals surface area contributed by atoms with Gasteiger partial charge in [-0.15, -0.1) is 11.3 Å². The fraction of sp³-hybridized carbons (Fsp3) is 0.391. The third kappa shape index (κ3) is 4.24. The molecule has 3 aromatic rings. The number of thiazole rings is 1. The second kappa shape index (κ2) is 9.17. The quantitative estimate of drug-likeness (QED) is 0.504. The lowest BCUT2D eigenvalue weighted by Crippen LogP contribution is -2.42. The summed E-state index contributed by atoms with van der Waals surface area (Å²) in [5.74, 6) is -0.747. The Morgan fingerprint density at radius 2 is 2.03 bits per heavy atom. The minimum absolute atomic E-state index is 0.153. The molecule has 32 heavy (non-hydrogen) atoms. The summed E-state index contributed by atoms with van der Waals surface area (Å²) in [6.07, 6.45) is 1.28. The number of ether oxygens (including phenoxy) is 1. The highest BCUT2D eigenvalue weighted by Crippen LogP contribution is 2.34. The lowest BCUT2D eigenvalue weighted by Gasteiger charge is -2.30. The number of carbonyl (C=O) groups excluding carboxylic acids is 1. The van der Waals surface area contributed by atoms with Gasteiger partial charge in [0.05, 0.1) is 23.9 Å². The van der Waals surface area contributed by atoms with Crippen LogP contribution < -0.4 is 0 Å². The van der Waals surface area contributed by atoms with Crippen molar-refractivity contribution >= 4 is 27.3 Å². The first kappa shape index (κ1) is 22.7. The average Bonchev–Trinajstić information content (AvgIpc) is 3.40.